The summed E-state index contributed by atoms with van der Waals surface area (Å²) in [6, 6.07) is 6.59. The van der Waals surface area contributed by atoms with Crippen LogP contribution in [-0.4, -0.2) is 78.4 Å². The van der Waals surface area contributed by atoms with Crippen LogP contribution in [0.4, 0.5) is 24.8 Å². The predicted octanol–water partition coefficient (Wildman–Crippen LogP) is 4.14. The first kappa shape index (κ1) is 32.2. The number of hydrogen-bond donors (Lipinski definition) is 1. The van der Waals surface area contributed by atoms with Crippen LogP contribution in [0.1, 0.15) is 63.9 Å². The normalized spacial score (nSPS) is 19.4. The molecule has 15 heteroatoms. The van der Waals surface area contributed by atoms with E-state index in [0.717, 1.165) is 43.0 Å². The van der Waals surface area contributed by atoms with Gasteiger partial charge in [0.1, 0.15) is 23.8 Å². The van der Waals surface area contributed by atoms with E-state index in [9.17, 15) is 18.0 Å². The van der Waals surface area contributed by atoms with Crippen molar-refractivity contribution < 1.29 is 22.7 Å². The van der Waals surface area contributed by atoms with Crippen molar-refractivity contribution in [1.29, 1.82) is 0 Å². The first-order valence-electron chi connectivity index (χ1n) is 16.3. The number of nitrogens with zero attached hydrogens (tertiary/aromatic N) is 9. The molecule has 2 fully saturated rings. The Labute approximate surface area is 276 Å². The molecular formula is C33H39F3N10O2. The second-order valence-corrected chi connectivity index (χ2v) is 13.5. The third-order valence-electron chi connectivity index (χ3n) is 9.61. The van der Waals surface area contributed by atoms with E-state index in [2.05, 4.69) is 37.6 Å². The van der Waals surface area contributed by atoms with E-state index in [0.29, 0.717) is 56.6 Å². The summed E-state index contributed by atoms with van der Waals surface area (Å²) in [6.45, 7) is 7.58. The molecule has 1 atom stereocenters. The predicted molar refractivity (Wildman–Crippen MR) is 170 cm³/mol. The molecule has 1 aromatic carbocycles. The second kappa shape index (κ2) is 12.6. The minimum Gasteiger partial charge on any atom is -0.379 e. The highest BCUT2D eigenvalue weighted by atomic mass is 19.4. The monoisotopic (exact) mass is 664 g/mol. The zero-order valence-electron chi connectivity index (χ0n) is 27.3. The number of ether oxygens (including phenoxy) is 1. The summed E-state index contributed by atoms with van der Waals surface area (Å²) in [5, 5.41) is 19.7. The van der Waals surface area contributed by atoms with E-state index in [1.54, 1.807) is 23.1 Å². The van der Waals surface area contributed by atoms with E-state index in [1.165, 1.54) is 11.0 Å². The molecule has 6 heterocycles. The molecule has 7 rings (SSSR count). The minimum atomic E-state index is -4.61. The first-order valence-corrected chi connectivity index (χ1v) is 16.3. The van der Waals surface area contributed by atoms with E-state index < -0.39 is 23.1 Å². The van der Waals surface area contributed by atoms with Crippen LogP contribution in [0, 0.1) is 12.8 Å². The molecule has 0 unspecified atom stereocenters. The van der Waals surface area contributed by atoms with Gasteiger partial charge in [0, 0.05) is 50.3 Å². The number of likely N-dealkylation sites (tertiary alicyclic amines) is 1. The molecule has 48 heavy (non-hydrogen) atoms. The maximum absolute atomic E-state index is 14.5. The molecule has 0 radical (unpaired) electrons. The van der Waals surface area contributed by atoms with Crippen LogP contribution < -0.4 is 10.2 Å². The van der Waals surface area contributed by atoms with Crippen molar-refractivity contribution in [2.45, 2.75) is 64.3 Å². The SMILES string of the molecule is Cc1cn(CCNc2cc(C3(Cc4nncn4C)COC3)cc(N3Cc4c(cc(CN5CCC[C@H](C)C5)cc4C(F)(F)F)C3=O)n2)nn1. The van der Waals surface area contributed by atoms with Crippen molar-refractivity contribution in [3.05, 3.63) is 76.1 Å². The van der Waals surface area contributed by atoms with E-state index in [-0.39, 0.29) is 23.5 Å². The summed E-state index contributed by atoms with van der Waals surface area (Å²) >= 11 is 0. The number of rotatable bonds is 10. The van der Waals surface area contributed by atoms with Gasteiger partial charge in [-0.1, -0.05) is 12.1 Å². The summed E-state index contributed by atoms with van der Waals surface area (Å²) in [7, 11) is 1.87. The third kappa shape index (κ3) is 6.40. The van der Waals surface area contributed by atoms with Crippen LogP contribution in [0.3, 0.4) is 0 Å². The maximum atomic E-state index is 14.5. The van der Waals surface area contributed by atoms with Gasteiger partial charge in [-0.3, -0.25) is 19.3 Å². The van der Waals surface area contributed by atoms with Gasteiger partial charge in [-0.2, -0.15) is 13.2 Å². The highest BCUT2D eigenvalue weighted by Gasteiger charge is 2.44. The van der Waals surface area contributed by atoms with Gasteiger partial charge in [0.2, 0.25) is 0 Å². The lowest BCUT2D eigenvalue weighted by atomic mass is 9.75. The van der Waals surface area contributed by atoms with Gasteiger partial charge in [0.05, 0.1) is 37.6 Å². The molecule has 12 nitrogen and oxygen atoms in total. The third-order valence-corrected chi connectivity index (χ3v) is 9.61. The Hall–Kier alpha value is -4.37. The Morgan fingerprint density at radius 3 is 2.65 bits per heavy atom. The molecule has 3 aromatic heterocycles. The molecule has 254 valence electrons. The number of amides is 1. The molecular weight excluding hydrogens is 625 g/mol. The number of carbonyl (C=O) groups is 1. The Balaban J connectivity index is 1.23. The summed E-state index contributed by atoms with van der Waals surface area (Å²) in [5.74, 6) is 1.51. The molecule has 0 saturated carbocycles. The number of carbonyl (C=O) groups excluding carboxylic acids is 1. The van der Waals surface area contributed by atoms with Crippen LogP contribution in [-0.2, 0) is 49.4 Å². The number of fused-ring (bicyclic) bond motifs is 1. The highest BCUT2D eigenvalue weighted by molar-refractivity contribution is 6.10. The number of nitrogens with one attached hydrogen (secondary N) is 1. The van der Waals surface area contributed by atoms with Gasteiger partial charge in [-0.15, -0.1) is 15.3 Å². The molecule has 2 saturated heterocycles. The smallest absolute Gasteiger partial charge is 0.379 e. The Bertz CT molecular complexity index is 1820. The number of halogens is 3. The van der Waals surface area contributed by atoms with E-state index in [1.807, 2.05) is 30.8 Å². The molecule has 0 aliphatic carbocycles. The Morgan fingerprint density at radius 1 is 1.15 bits per heavy atom. The fourth-order valence-electron chi connectivity index (χ4n) is 7.03. The van der Waals surface area contributed by atoms with E-state index >= 15 is 0 Å². The topological polar surface area (TPSA) is 119 Å². The Kier molecular flexibility index (Phi) is 8.44. The molecule has 4 aromatic rings. The van der Waals surface area contributed by atoms with Gasteiger partial charge in [0.25, 0.3) is 5.91 Å². The lowest BCUT2D eigenvalue weighted by Crippen LogP contribution is -2.49. The van der Waals surface area contributed by atoms with Crippen molar-refractivity contribution in [3.8, 4) is 0 Å². The fourth-order valence-corrected chi connectivity index (χ4v) is 7.03. The number of alkyl halides is 3. The second-order valence-electron chi connectivity index (χ2n) is 13.5. The number of pyridine rings is 1. The summed E-state index contributed by atoms with van der Waals surface area (Å²) in [4.78, 5) is 22.4. The average Bonchev–Trinajstić information content (AvgIpc) is 3.72. The number of piperidine rings is 1. The molecule has 0 spiro atoms. The largest absolute Gasteiger partial charge is 0.416 e. The van der Waals surface area contributed by atoms with Crippen LogP contribution in [0.15, 0.2) is 36.8 Å². The van der Waals surface area contributed by atoms with Crippen molar-refractivity contribution >= 4 is 17.5 Å². The maximum Gasteiger partial charge on any atom is 0.416 e. The zero-order chi connectivity index (χ0) is 33.6. The first-order chi connectivity index (χ1) is 23.0. The van der Waals surface area contributed by atoms with Gasteiger partial charge in [-0.05, 0) is 73.2 Å². The number of aromatic nitrogens is 7. The van der Waals surface area contributed by atoms with Crippen molar-refractivity contribution in [1.82, 2.24) is 39.6 Å². The number of benzene rings is 1. The number of anilines is 2. The zero-order valence-corrected chi connectivity index (χ0v) is 27.3. The quantitative estimate of drug-likeness (QED) is 0.267. The molecule has 1 amide bonds. The molecule has 0 bridgehead atoms. The summed E-state index contributed by atoms with van der Waals surface area (Å²) < 4.78 is 52.9. The van der Waals surface area contributed by atoms with Crippen LogP contribution >= 0.6 is 0 Å². The summed E-state index contributed by atoms with van der Waals surface area (Å²) in [5.41, 5.74) is 0.948. The number of hydrogen-bond acceptors (Lipinski definition) is 9. The average molecular weight is 665 g/mol. The summed E-state index contributed by atoms with van der Waals surface area (Å²) in [6.07, 6.45) is 1.49. The standard InChI is InChI=1S/C33H39F3N10O2/c1-21-5-4-7-44(14-21)16-23-9-25-26(27(10-23)33(34,35)36)17-46(31(25)47)29-12-24(32(18-48-19-32)13-30-41-38-20-43(30)3)11-28(39-29)37-6-8-45-15-22(2)40-42-45/h9-12,15,20-21H,4-8,13-14,16-19H2,1-3H3,(H,37,39)/t21-/m0/s1. The fraction of sp³-hybridized carbons (Fsp3) is 0.515. The van der Waals surface area contributed by atoms with E-state index in [4.69, 9.17) is 9.72 Å². The van der Waals surface area contributed by atoms with Gasteiger partial charge in [0.15, 0.2) is 0 Å². The van der Waals surface area contributed by atoms with Crippen LogP contribution in [0.5, 0.6) is 0 Å². The molecule has 3 aliphatic rings. The lowest BCUT2D eigenvalue weighted by Gasteiger charge is -2.42. The number of aryl methyl sites for hydroxylation is 2. The highest BCUT2D eigenvalue weighted by Crippen LogP contribution is 2.42. The Morgan fingerprint density at radius 2 is 1.98 bits per heavy atom. The van der Waals surface area contributed by atoms with Crippen molar-refractivity contribution in [2.75, 3.05) is 43.1 Å². The molecule has 1 N–H and O–H groups in total. The van der Waals surface area contributed by atoms with Crippen molar-refractivity contribution in [2.24, 2.45) is 13.0 Å². The van der Waals surface area contributed by atoms with Gasteiger partial charge in [-0.25, -0.2) is 4.98 Å². The van der Waals surface area contributed by atoms with Gasteiger partial charge < -0.3 is 14.6 Å². The molecule has 3 aliphatic heterocycles. The van der Waals surface area contributed by atoms with Crippen LogP contribution in [0.2, 0.25) is 0 Å². The van der Waals surface area contributed by atoms with Crippen molar-refractivity contribution in [3.63, 3.8) is 0 Å². The van der Waals surface area contributed by atoms with Crippen LogP contribution in [0.25, 0.3) is 0 Å². The van der Waals surface area contributed by atoms with Gasteiger partial charge >= 0.3 is 6.18 Å². The lowest BCUT2D eigenvalue weighted by molar-refractivity contribution is -0.138. The minimum absolute atomic E-state index is 0.0210.